The van der Waals surface area contributed by atoms with Gasteiger partial charge in [0.2, 0.25) is 0 Å². The second kappa shape index (κ2) is 8.46. The molecule has 0 atom stereocenters. The van der Waals surface area contributed by atoms with Gasteiger partial charge in [-0.1, -0.05) is 20.8 Å². The van der Waals surface area contributed by atoms with Gasteiger partial charge in [-0.25, -0.2) is 4.98 Å². The number of anilines is 2. The van der Waals surface area contributed by atoms with Crippen molar-refractivity contribution in [1.29, 1.82) is 0 Å². The van der Waals surface area contributed by atoms with Gasteiger partial charge in [0.25, 0.3) is 0 Å². The normalized spacial score (nSPS) is 12.5. The molecule has 162 valence electrons. The van der Waals surface area contributed by atoms with Crippen LogP contribution in [0.3, 0.4) is 0 Å². The Morgan fingerprint density at radius 2 is 1.70 bits per heavy atom. The number of benzene rings is 2. The number of fused-ring (bicyclic) bond motifs is 1. The lowest BCUT2D eigenvalue weighted by molar-refractivity contribution is 0.00265. The number of aromatic nitrogens is 2. The molecular weight excluding hydrogens is 402 g/mol. The zero-order chi connectivity index (χ0) is 22.1. The highest BCUT2D eigenvalue weighted by atomic mass is 32.2. The van der Waals surface area contributed by atoms with Crippen molar-refractivity contribution >= 4 is 34.4 Å². The number of nitrogen functional groups attached to an aromatic ring is 1. The average molecular weight is 433 g/mol. The Balaban J connectivity index is 1.99. The summed E-state index contributed by atoms with van der Waals surface area (Å²) < 4.78 is 32.5. The van der Waals surface area contributed by atoms with Gasteiger partial charge < -0.3 is 14.6 Å². The van der Waals surface area contributed by atoms with E-state index in [1.54, 1.807) is 16.5 Å². The summed E-state index contributed by atoms with van der Waals surface area (Å²) in [5.41, 5.74) is 8.63. The molecule has 2 aromatic carbocycles. The van der Waals surface area contributed by atoms with Crippen molar-refractivity contribution in [3.05, 3.63) is 48.3 Å². The number of nitrogens with zero attached hydrogens (tertiary/aromatic N) is 3. The number of halogens is 2. The van der Waals surface area contributed by atoms with E-state index in [0.717, 1.165) is 35.9 Å². The van der Waals surface area contributed by atoms with Gasteiger partial charge in [0.1, 0.15) is 0 Å². The Bertz CT molecular complexity index is 1000. The third-order valence-corrected chi connectivity index (χ3v) is 6.83. The molecule has 0 aliphatic carbocycles. The molecule has 0 bridgehead atoms. The van der Waals surface area contributed by atoms with Crippen LogP contribution in [0.4, 0.5) is 20.2 Å². The SMILES string of the molecule is CCC(C)(CC)Cn1c(C(C)(F)F)nc2cc(N(C)Sc3ccc(N)cc3)ccc21. The fourth-order valence-electron chi connectivity index (χ4n) is 3.40. The molecule has 0 amide bonds. The van der Waals surface area contributed by atoms with Crippen LogP contribution in [0.15, 0.2) is 47.4 Å². The Morgan fingerprint density at radius 3 is 2.27 bits per heavy atom. The first-order chi connectivity index (χ1) is 14.1. The molecule has 30 heavy (non-hydrogen) atoms. The standard InChI is InChI=1S/C23H30F2N4S/c1-6-22(3,7-2)15-29-20-13-10-17(14-19(20)27-21(29)23(4,24)25)28(5)30-18-11-8-16(26)9-12-18/h8-14H,6-7,15,26H2,1-5H3. The predicted molar refractivity (Wildman–Crippen MR) is 123 cm³/mol. The van der Waals surface area contributed by atoms with Crippen molar-refractivity contribution in [2.45, 2.75) is 57.9 Å². The smallest absolute Gasteiger partial charge is 0.302 e. The lowest BCUT2D eigenvalue weighted by Crippen LogP contribution is -2.26. The lowest BCUT2D eigenvalue weighted by atomic mass is 9.84. The second-order valence-corrected chi connectivity index (χ2v) is 9.46. The average Bonchev–Trinajstić information content (AvgIpc) is 3.07. The number of alkyl halides is 2. The van der Waals surface area contributed by atoms with Gasteiger partial charge in [0.15, 0.2) is 5.82 Å². The third-order valence-electron chi connectivity index (χ3n) is 5.86. The van der Waals surface area contributed by atoms with Crippen LogP contribution in [0, 0.1) is 5.41 Å². The maximum atomic E-state index is 14.4. The van der Waals surface area contributed by atoms with Gasteiger partial charge in [-0.05, 0) is 72.7 Å². The van der Waals surface area contributed by atoms with E-state index in [1.807, 2.05) is 53.8 Å². The molecule has 0 unspecified atom stereocenters. The van der Waals surface area contributed by atoms with Crippen molar-refractivity contribution in [2.24, 2.45) is 5.41 Å². The molecule has 3 aromatic rings. The molecule has 0 saturated heterocycles. The minimum Gasteiger partial charge on any atom is -0.399 e. The van der Waals surface area contributed by atoms with Crippen molar-refractivity contribution < 1.29 is 8.78 Å². The van der Waals surface area contributed by atoms with Crippen molar-refractivity contribution in [3.63, 3.8) is 0 Å². The summed E-state index contributed by atoms with van der Waals surface area (Å²) in [7, 11) is 1.94. The van der Waals surface area contributed by atoms with Crippen LogP contribution in [0.25, 0.3) is 11.0 Å². The van der Waals surface area contributed by atoms with Crippen LogP contribution in [0.5, 0.6) is 0 Å². The summed E-state index contributed by atoms with van der Waals surface area (Å²) >= 11 is 1.54. The predicted octanol–water partition coefficient (Wildman–Crippen LogP) is 6.70. The molecule has 0 spiro atoms. The fraction of sp³-hybridized carbons (Fsp3) is 0.435. The van der Waals surface area contributed by atoms with Gasteiger partial charge in [-0.3, -0.25) is 0 Å². The topological polar surface area (TPSA) is 47.1 Å². The summed E-state index contributed by atoms with van der Waals surface area (Å²) in [5.74, 6) is -3.18. The quantitative estimate of drug-likeness (QED) is 0.318. The first-order valence-corrected chi connectivity index (χ1v) is 11.0. The number of nitrogens with two attached hydrogens (primary N) is 1. The molecule has 7 heteroatoms. The molecule has 0 saturated carbocycles. The van der Waals surface area contributed by atoms with E-state index in [0.29, 0.717) is 17.7 Å². The van der Waals surface area contributed by atoms with Crippen LogP contribution < -0.4 is 10.0 Å². The second-order valence-electron chi connectivity index (χ2n) is 8.26. The fourth-order valence-corrected chi connectivity index (χ4v) is 4.20. The van der Waals surface area contributed by atoms with E-state index >= 15 is 0 Å². The summed E-state index contributed by atoms with van der Waals surface area (Å²) in [6, 6.07) is 13.4. The zero-order valence-corrected chi connectivity index (χ0v) is 19.1. The molecule has 1 heterocycles. The molecule has 0 aliphatic rings. The third kappa shape index (κ3) is 4.72. The molecule has 0 radical (unpaired) electrons. The summed E-state index contributed by atoms with van der Waals surface area (Å²) in [6.07, 6.45) is 1.83. The highest BCUT2D eigenvalue weighted by Crippen LogP contribution is 2.37. The maximum Gasteiger partial charge on any atom is 0.302 e. The van der Waals surface area contributed by atoms with Gasteiger partial charge in [-0.15, -0.1) is 0 Å². The highest BCUT2D eigenvalue weighted by Gasteiger charge is 2.34. The molecule has 0 fully saturated rings. The zero-order valence-electron chi connectivity index (χ0n) is 18.2. The Kier molecular flexibility index (Phi) is 6.32. The molecular formula is C23H30F2N4S. The monoisotopic (exact) mass is 432 g/mol. The number of hydrogen-bond acceptors (Lipinski definition) is 4. The van der Waals surface area contributed by atoms with Crippen LogP contribution in [-0.4, -0.2) is 16.6 Å². The van der Waals surface area contributed by atoms with Crippen LogP contribution >= 0.6 is 11.9 Å². The summed E-state index contributed by atoms with van der Waals surface area (Å²) in [5, 5.41) is 0. The Labute approximate surface area is 181 Å². The molecule has 1 aromatic heterocycles. The summed E-state index contributed by atoms with van der Waals surface area (Å²) in [6.45, 7) is 7.79. The van der Waals surface area contributed by atoms with E-state index < -0.39 is 5.92 Å². The molecule has 3 rings (SSSR count). The number of rotatable bonds is 8. The lowest BCUT2D eigenvalue weighted by Gasteiger charge is -2.29. The molecule has 0 aliphatic heterocycles. The van der Waals surface area contributed by atoms with E-state index in [-0.39, 0.29) is 11.2 Å². The summed E-state index contributed by atoms with van der Waals surface area (Å²) in [4.78, 5) is 5.40. The Hall–Kier alpha value is -2.28. The van der Waals surface area contributed by atoms with Crippen molar-refractivity contribution in [2.75, 3.05) is 17.1 Å². The molecule has 4 nitrogen and oxygen atoms in total. The van der Waals surface area contributed by atoms with Gasteiger partial charge in [0, 0.05) is 36.8 Å². The number of imidazole rings is 1. The van der Waals surface area contributed by atoms with E-state index in [1.165, 1.54) is 0 Å². The van der Waals surface area contributed by atoms with E-state index in [4.69, 9.17) is 5.73 Å². The minimum atomic E-state index is -3.01. The molecule has 2 N–H and O–H groups in total. The van der Waals surface area contributed by atoms with Crippen LogP contribution in [-0.2, 0) is 12.5 Å². The van der Waals surface area contributed by atoms with Crippen LogP contribution in [0.1, 0.15) is 46.4 Å². The first kappa shape index (κ1) is 22.4. The van der Waals surface area contributed by atoms with Crippen LogP contribution in [0.2, 0.25) is 0 Å². The first-order valence-electron chi connectivity index (χ1n) is 10.2. The highest BCUT2D eigenvalue weighted by molar-refractivity contribution is 8.00. The van der Waals surface area contributed by atoms with Gasteiger partial charge >= 0.3 is 5.92 Å². The van der Waals surface area contributed by atoms with Crippen molar-refractivity contribution in [3.8, 4) is 0 Å². The van der Waals surface area contributed by atoms with E-state index in [2.05, 4.69) is 25.8 Å². The Morgan fingerprint density at radius 1 is 1.07 bits per heavy atom. The largest absolute Gasteiger partial charge is 0.399 e. The minimum absolute atomic E-state index is 0.0614. The number of hydrogen-bond donors (Lipinski definition) is 1. The van der Waals surface area contributed by atoms with E-state index in [9.17, 15) is 8.78 Å². The van der Waals surface area contributed by atoms with Gasteiger partial charge in [0.05, 0.1) is 11.0 Å². The van der Waals surface area contributed by atoms with Gasteiger partial charge in [-0.2, -0.15) is 8.78 Å². The maximum absolute atomic E-state index is 14.4. The van der Waals surface area contributed by atoms with Crippen molar-refractivity contribution in [1.82, 2.24) is 9.55 Å².